The Kier molecular flexibility index (Phi) is 8.99. The molecule has 2 N–H and O–H groups in total. The molecular formula is C41H47N3O4. The second-order valence-electron chi connectivity index (χ2n) is 15.1. The Hall–Kier alpha value is -4.78. The number of nitrogens with one attached hydrogen (secondary N) is 2. The van der Waals surface area contributed by atoms with E-state index in [4.69, 9.17) is 9.47 Å². The summed E-state index contributed by atoms with van der Waals surface area (Å²) < 4.78 is 11.7. The zero-order chi connectivity index (χ0) is 34.1. The summed E-state index contributed by atoms with van der Waals surface area (Å²) in [4.78, 5) is 28.4. The topological polar surface area (TPSA) is 79.9 Å². The van der Waals surface area contributed by atoms with Gasteiger partial charge < -0.3 is 20.1 Å². The minimum atomic E-state index is -0.658. The van der Waals surface area contributed by atoms with Gasteiger partial charge in [0.2, 0.25) is 0 Å². The van der Waals surface area contributed by atoms with E-state index in [-0.39, 0.29) is 17.0 Å². The van der Waals surface area contributed by atoms with Crippen molar-refractivity contribution in [3.05, 3.63) is 120 Å². The number of cyclic esters (lactones) is 1. The summed E-state index contributed by atoms with van der Waals surface area (Å²) >= 11 is 0. The van der Waals surface area contributed by atoms with Crippen LogP contribution in [0.5, 0.6) is 0 Å². The second-order valence-corrected chi connectivity index (χ2v) is 15.1. The van der Waals surface area contributed by atoms with Crippen LogP contribution < -0.4 is 10.6 Å². The fourth-order valence-corrected chi connectivity index (χ4v) is 6.44. The van der Waals surface area contributed by atoms with Gasteiger partial charge >= 0.3 is 12.2 Å². The molecule has 1 aliphatic heterocycles. The number of nitrogens with zero attached hydrogens (tertiary/aromatic N) is 1. The van der Waals surface area contributed by atoms with Crippen LogP contribution in [0.1, 0.15) is 71.1 Å². The maximum absolute atomic E-state index is 13.5. The van der Waals surface area contributed by atoms with Gasteiger partial charge in [-0.1, -0.05) is 99.6 Å². The van der Waals surface area contributed by atoms with Crippen molar-refractivity contribution in [1.82, 2.24) is 10.2 Å². The van der Waals surface area contributed by atoms with Gasteiger partial charge in [0, 0.05) is 11.4 Å². The van der Waals surface area contributed by atoms with E-state index in [1.807, 2.05) is 80.3 Å². The molecule has 2 aliphatic rings. The zero-order valence-electron chi connectivity index (χ0n) is 28.9. The molecule has 4 aromatic rings. The summed E-state index contributed by atoms with van der Waals surface area (Å²) in [6.45, 7) is 12.5. The highest BCUT2D eigenvalue weighted by Gasteiger charge is 2.56. The molecule has 48 heavy (non-hydrogen) atoms. The Morgan fingerprint density at radius 3 is 2.21 bits per heavy atom. The number of hydrogen-bond acceptors (Lipinski definition) is 5. The molecular weight excluding hydrogens is 598 g/mol. The maximum atomic E-state index is 13.5. The van der Waals surface area contributed by atoms with Gasteiger partial charge in [-0.25, -0.2) is 9.59 Å². The van der Waals surface area contributed by atoms with Gasteiger partial charge in [0.25, 0.3) is 0 Å². The molecule has 7 heteroatoms. The first kappa shape index (κ1) is 33.1. The number of rotatable bonds is 9. The Labute approximate surface area is 284 Å². The first-order chi connectivity index (χ1) is 22.8. The lowest BCUT2D eigenvalue weighted by Gasteiger charge is -2.29. The van der Waals surface area contributed by atoms with Crippen LogP contribution in [-0.4, -0.2) is 41.4 Å². The molecule has 1 saturated carbocycles. The number of hydrogen-bond donors (Lipinski definition) is 2. The fraction of sp³-hybridized carbons (Fsp3) is 0.366. The first-order valence-corrected chi connectivity index (χ1v) is 16.9. The molecule has 2 atom stereocenters. The van der Waals surface area contributed by atoms with Crippen molar-refractivity contribution in [2.75, 3.05) is 11.9 Å². The monoisotopic (exact) mass is 645 g/mol. The van der Waals surface area contributed by atoms with Crippen molar-refractivity contribution in [2.45, 2.75) is 89.5 Å². The van der Waals surface area contributed by atoms with Crippen molar-refractivity contribution in [2.24, 2.45) is 0 Å². The van der Waals surface area contributed by atoms with E-state index in [0.29, 0.717) is 13.0 Å². The van der Waals surface area contributed by atoms with Gasteiger partial charge in [-0.2, -0.15) is 0 Å². The molecule has 7 nitrogen and oxygen atoms in total. The Balaban J connectivity index is 1.18. The number of amides is 2. The van der Waals surface area contributed by atoms with E-state index in [0.717, 1.165) is 46.5 Å². The predicted molar refractivity (Wildman–Crippen MR) is 191 cm³/mol. The molecule has 2 unspecified atom stereocenters. The van der Waals surface area contributed by atoms with E-state index < -0.39 is 23.8 Å². The number of carbonyl (C=O) groups excluding carboxylic acids is 2. The molecule has 2 fully saturated rings. The number of alkyl carbamates (subject to hydrolysis) is 1. The average Bonchev–Trinajstić information content (AvgIpc) is 3.75. The summed E-state index contributed by atoms with van der Waals surface area (Å²) in [6.07, 6.45) is 0.836. The Morgan fingerprint density at radius 2 is 1.54 bits per heavy atom. The summed E-state index contributed by atoms with van der Waals surface area (Å²) in [5.74, 6) is 0. The minimum Gasteiger partial charge on any atom is -0.444 e. The van der Waals surface area contributed by atoms with Gasteiger partial charge in [-0.05, 0) is 97.5 Å². The molecule has 250 valence electrons. The first-order valence-electron chi connectivity index (χ1n) is 16.9. The number of carbonyl (C=O) groups is 2. The van der Waals surface area contributed by atoms with Crippen LogP contribution in [0.2, 0.25) is 0 Å². The van der Waals surface area contributed by atoms with Crippen molar-refractivity contribution in [3.63, 3.8) is 0 Å². The molecule has 4 aromatic carbocycles. The predicted octanol–water partition coefficient (Wildman–Crippen LogP) is 9.34. The summed E-state index contributed by atoms with van der Waals surface area (Å²) in [5.41, 5.74) is 6.60. The van der Waals surface area contributed by atoms with Crippen LogP contribution in [0, 0.1) is 0 Å². The fourth-order valence-electron chi connectivity index (χ4n) is 6.44. The normalized spacial score (nSPS) is 17.8. The molecule has 0 radical (unpaired) electrons. The standard InChI is InChI=1S/C41H47N3O4/c1-39(2,3)31-15-11-16-32(26-31)41(22-23-41)44-27-36(47-38(44)46)35(43-37(45)48-40(4,5)6)24-28-18-20-33(21-19-28)42-34-17-10-14-30(25-34)29-12-8-7-9-13-29/h7-21,25-26,35-36,42H,22-24,27H2,1-6H3,(H,43,45). The van der Waals surface area contributed by atoms with Crippen LogP contribution in [-0.2, 0) is 26.8 Å². The molecule has 1 heterocycles. The van der Waals surface area contributed by atoms with Gasteiger partial charge in [0.05, 0.1) is 18.1 Å². The van der Waals surface area contributed by atoms with Gasteiger partial charge in [0.1, 0.15) is 11.7 Å². The van der Waals surface area contributed by atoms with E-state index in [2.05, 4.69) is 79.9 Å². The highest BCUT2D eigenvalue weighted by molar-refractivity contribution is 5.74. The van der Waals surface area contributed by atoms with Crippen LogP contribution in [0.4, 0.5) is 21.0 Å². The quantitative estimate of drug-likeness (QED) is 0.190. The summed E-state index contributed by atoms with van der Waals surface area (Å²) in [7, 11) is 0. The third kappa shape index (κ3) is 7.67. The molecule has 0 bridgehead atoms. The molecule has 0 aromatic heterocycles. The maximum Gasteiger partial charge on any atom is 0.411 e. The lowest BCUT2D eigenvalue weighted by molar-refractivity contribution is 0.0436. The SMILES string of the molecule is CC(C)(C)OC(=O)NC(Cc1ccc(Nc2cccc(-c3ccccc3)c2)cc1)C1CN(C2(c3cccc(C(C)(C)C)c3)CC2)C(=O)O1. The lowest BCUT2D eigenvalue weighted by atomic mass is 9.85. The number of ether oxygens (including phenoxy) is 2. The second kappa shape index (κ2) is 13.0. The average molecular weight is 646 g/mol. The van der Waals surface area contributed by atoms with Crippen molar-refractivity contribution >= 4 is 23.6 Å². The van der Waals surface area contributed by atoms with Crippen LogP contribution in [0.25, 0.3) is 11.1 Å². The summed E-state index contributed by atoms with van der Waals surface area (Å²) in [5, 5.41) is 6.55. The molecule has 2 amide bonds. The van der Waals surface area contributed by atoms with E-state index >= 15 is 0 Å². The molecule has 1 aliphatic carbocycles. The van der Waals surface area contributed by atoms with E-state index in [9.17, 15) is 9.59 Å². The van der Waals surface area contributed by atoms with E-state index in [1.165, 1.54) is 5.56 Å². The number of anilines is 2. The van der Waals surface area contributed by atoms with Crippen LogP contribution in [0.15, 0.2) is 103 Å². The molecule has 6 rings (SSSR count). The largest absolute Gasteiger partial charge is 0.444 e. The van der Waals surface area contributed by atoms with Gasteiger partial charge in [0.15, 0.2) is 0 Å². The smallest absolute Gasteiger partial charge is 0.411 e. The van der Waals surface area contributed by atoms with Crippen LogP contribution >= 0.6 is 0 Å². The Morgan fingerprint density at radius 1 is 0.854 bits per heavy atom. The number of benzene rings is 4. The van der Waals surface area contributed by atoms with Crippen molar-refractivity contribution in [1.29, 1.82) is 0 Å². The Bertz CT molecular complexity index is 1750. The minimum absolute atomic E-state index is 0.000156. The van der Waals surface area contributed by atoms with Crippen molar-refractivity contribution < 1.29 is 19.1 Å². The van der Waals surface area contributed by atoms with E-state index in [1.54, 1.807) is 0 Å². The zero-order valence-corrected chi connectivity index (χ0v) is 28.9. The summed E-state index contributed by atoms with van der Waals surface area (Å²) in [6, 6.07) is 34.9. The van der Waals surface area contributed by atoms with Crippen LogP contribution in [0.3, 0.4) is 0 Å². The molecule has 1 saturated heterocycles. The molecule has 0 spiro atoms. The lowest BCUT2D eigenvalue weighted by Crippen LogP contribution is -2.48. The van der Waals surface area contributed by atoms with Gasteiger partial charge in [-0.3, -0.25) is 4.90 Å². The van der Waals surface area contributed by atoms with Crippen molar-refractivity contribution in [3.8, 4) is 11.1 Å². The highest BCUT2D eigenvalue weighted by atomic mass is 16.6. The van der Waals surface area contributed by atoms with Gasteiger partial charge in [-0.15, -0.1) is 0 Å². The third-order valence-corrected chi connectivity index (χ3v) is 9.16. The highest BCUT2D eigenvalue weighted by Crippen LogP contribution is 2.53. The third-order valence-electron chi connectivity index (χ3n) is 9.16.